The summed E-state index contributed by atoms with van der Waals surface area (Å²) in [6.07, 6.45) is 0.363. The lowest BCUT2D eigenvalue weighted by atomic mass is 10.1. The van der Waals surface area contributed by atoms with Gasteiger partial charge in [-0.3, -0.25) is 0 Å². The SMILES string of the molecule is CC(C)(C)OC(=O)NCC1CC1c1cc(F)ccc1OCCF. The molecule has 1 amide bonds. The molecule has 1 aromatic carbocycles. The Morgan fingerprint density at radius 1 is 1.39 bits per heavy atom. The van der Waals surface area contributed by atoms with E-state index in [0.29, 0.717) is 12.3 Å². The number of carbonyl (C=O) groups excluding carboxylic acids is 1. The minimum Gasteiger partial charge on any atom is -0.491 e. The Balaban J connectivity index is 1.90. The first-order chi connectivity index (χ1) is 10.8. The van der Waals surface area contributed by atoms with Crippen molar-refractivity contribution < 1.29 is 23.0 Å². The smallest absolute Gasteiger partial charge is 0.407 e. The van der Waals surface area contributed by atoms with Crippen molar-refractivity contribution in [1.29, 1.82) is 0 Å². The normalized spacial score (nSPS) is 20.0. The molecule has 1 fully saturated rings. The number of halogens is 2. The summed E-state index contributed by atoms with van der Waals surface area (Å²) in [7, 11) is 0. The van der Waals surface area contributed by atoms with E-state index in [2.05, 4.69) is 5.32 Å². The summed E-state index contributed by atoms with van der Waals surface area (Å²) in [5.41, 5.74) is 0.192. The summed E-state index contributed by atoms with van der Waals surface area (Å²) in [6, 6.07) is 4.25. The van der Waals surface area contributed by atoms with Crippen molar-refractivity contribution in [2.24, 2.45) is 5.92 Å². The molecule has 23 heavy (non-hydrogen) atoms. The maximum absolute atomic E-state index is 13.5. The van der Waals surface area contributed by atoms with Crippen LogP contribution in [0.15, 0.2) is 18.2 Å². The maximum atomic E-state index is 13.5. The fourth-order valence-electron chi connectivity index (χ4n) is 2.47. The fraction of sp³-hybridized carbons (Fsp3) is 0.588. The zero-order valence-corrected chi connectivity index (χ0v) is 13.7. The second kappa shape index (κ2) is 7.15. The molecule has 0 saturated heterocycles. The van der Waals surface area contributed by atoms with Crippen molar-refractivity contribution >= 4 is 6.09 Å². The number of alkyl halides is 1. The second-order valence-corrected chi connectivity index (χ2v) is 6.70. The Bertz CT molecular complexity index is 557. The largest absolute Gasteiger partial charge is 0.491 e. The molecule has 2 unspecified atom stereocenters. The predicted molar refractivity (Wildman–Crippen MR) is 83.0 cm³/mol. The average Bonchev–Trinajstić information content (AvgIpc) is 3.21. The number of amides is 1. The standard InChI is InChI=1S/C17H23F2NO3/c1-17(2,3)23-16(21)20-10-11-8-13(11)14-9-12(19)4-5-15(14)22-7-6-18/h4-5,9,11,13H,6-8,10H2,1-3H3,(H,20,21). The van der Waals surface area contributed by atoms with Gasteiger partial charge in [0.25, 0.3) is 0 Å². The summed E-state index contributed by atoms with van der Waals surface area (Å²) < 4.78 is 36.2. The third-order valence-corrected chi connectivity index (χ3v) is 3.54. The van der Waals surface area contributed by atoms with Crippen LogP contribution in [0.3, 0.4) is 0 Å². The van der Waals surface area contributed by atoms with Gasteiger partial charge in [0.05, 0.1) is 0 Å². The second-order valence-electron chi connectivity index (χ2n) is 6.70. The average molecular weight is 327 g/mol. The summed E-state index contributed by atoms with van der Waals surface area (Å²) in [4.78, 5) is 11.6. The van der Waals surface area contributed by atoms with Gasteiger partial charge in [-0.05, 0) is 57.2 Å². The lowest BCUT2D eigenvalue weighted by molar-refractivity contribution is 0.0525. The highest BCUT2D eigenvalue weighted by Crippen LogP contribution is 2.50. The van der Waals surface area contributed by atoms with E-state index in [-0.39, 0.29) is 24.3 Å². The lowest BCUT2D eigenvalue weighted by Crippen LogP contribution is -2.33. The van der Waals surface area contributed by atoms with Crippen LogP contribution in [-0.4, -0.2) is 31.5 Å². The first-order valence-corrected chi connectivity index (χ1v) is 7.75. The van der Waals surface area contributed by atoms with E-state index >= 15 is 0 Å². The minimum absolute atomic E-state index is 0.0494. The van der Waals surface area contributed by atoms with Gasteiger partial charge in [0.15, 0.2) is 0 Å². The molecule has 0 bridgehead atoms. The van der Waals surface area contributed by atoms with Crippen LogP contribution in [0.4, 0.5) is 13.6 Å². The summed E-state index contributed by atoms with van der Waals surface area (Å²) >= 11 is 0. The molecule has 2 rings (SSSR count). The molecule has 1 aromatic rings. The molecule has 0 radical (unpaired) electrons. The lowest BCUT2D eigenvalue weighted by Gasteiger charge is -2.19. The minimum atomic E-state index is -0.592. The Morgan fingerprint density at radius 2 is 2.13 bits per heavy atom. The highest BCUT2D eigenvalue weighted by Gasteiger charge is 2.40. The molecule has 128 valence electrons. The Hall–Kier alpha value is -1.85. The van der Waals surface area contributed by atoms with Gasteiger partial charge in [-0.1, -0.05) is 0 Å². The van der Waals surface area contributed by atoms with Crippen LogP contribution in [0.1, 0.15) is 38.7 Å². The van der Waals surface area contributed by atoms with Crippen molar-refractivity contribution in [3.05, 3.63) is 29.6 Å². The molecular weight excluding hydrogens is 304 g/mol. The zero-order valence-electron chi connectivity index (χ0n) is 13.7. The zero-order chi connectivity index (χ0) is 17.0. The summed E-state index contributed by atoms with van der Waals surface area (Å²) in [5.74, 6) is 0.472. The van der Waals surface area contributed by atoms with Crippen molar-refractivity contribution in [1.82, 2.24) is 5.32 Å². The van der Waals surface area contributed by atoms with Crippen LogP contribution in [0.2, 0.25) is 0 Å². The van der Waals surface area contributed by atoms with Crippen LogP contribution in [-0.2, 0) is 4.74 Å². The maximum Gasteiger partial charge on any atom is 0.407 e. The van der Waals surface area contributed by atoms with Crippen LogP contribution in [0.5, 0.6) is 5.75 Å². The number of carbonyl (C=O) groups is 1. The highest BCUT2D eigenvalue weighted by atomic mass is 19.1. The van der Waals surface area contributed by atoms with Crippen molar-refractivity contribution in [3.8, 4) is 5.75 Å². The van der Waals surface area contributed by atoms with Gasteiger partial charge < -0.3 is 14.8 Å². The number of nitrogens with one attached hydrogen (secondary N) is 1. The highest BCUT2D eigenvalue weighted by molar-refractivity contribution is 5.67. The molecule has 0 heterocycles. The Labute approximate surface area is 135 Å². The van der Waals surface area contributed by atoms with Gasteiger partial charge in [0.2, 0.25) is 0 Å². The number of benzene rings is 1. The number of alkyl carbamates (subject to hydrolysis) is 1. The molecule has 0 spiro atoms. The first-order valence-electron chi connectivity index (χ1n) is 7.75. The van der Waals surface area contributed by atoms with Crippen LogP contribution in [0, 0.1) is 11.7 Å². The Morgan fingerprint density at radius 3 is 2.78 bits per heavy atom. The number of hydrogen-bond donors (Lipinski definition) is 1. The molecule has 6 heteroatoms. The first kappa shape index (κ1) is 17.5. The van der Waals surface area contributed by atoms with E-state index in [9.17, 15) is 13.6 Å². The van der Waals surface area contributed by atoms with E-state index in [4.69, 9.17) is 9.47 Å². The van der Waals surface area contributed by atoms with Crippen LogP contribution < -0.4 is 10.1 Å². The molecule has 1 aliphatic rings. The quantitative estimate of drug-likeness (QED) is 0.864. The van der Waals surface area contributed by atoms with Crippen LogP contribution >= 0.6 is 0 Å². The number of ether oxygens (including phenoxy) is 2. The molecule has 0 aliphatic heterocycles. The molecular formula is C17H23F2NO3. The Kier molecular flexibility index (Phi) is 5.44. The molecule has 4 nitrogen and oxygen atoms in total. The predicted octanol–water partition coefficient (Wildman–Crippen LogP) is 3.80. The van der Waals surface area contributed by atoms with Gasteiger partial charge >= 0.3 is 6.09 Å². The van der Waals surface area contributed by atoms with Gasteiger partial charge in [0.1, 0.15) is 30.4 Å². The third-order valence-electron chi connectivity index (χ3n) is 3.54. The molecule has 2 atom stereocenters. The summed E-state index contributed by atoms with van der Waals surface area (Å²) in [6.45, 7) is 5.21. The number of hydrogen-bond acceptors (Lipinski definition) is 3. The van der Waals surface area contributed by atoms with Crippen LogP contribution in [0.25, 0.3) is 0 Å². The van der Waals surface area contributed by atoms with E-state index in [1.165, 1.54) is 18.2 Å². The molecule has 1 aliphatic carbocycles. The monoisotopic (exact) mass is 327 g/mol. The van der Waals surface area contributed by atoms with E-state index < -0.39 is 18.4 Å². The van der Waals surface area contributed by atoms with E-state index in [1.807, 2.05) is 0 Å². The van der Waals surface area contributed by atoms with Crippen molar-refractivity contribution in [2.45, 2.75) is 38.7 Å². The third kappa shape index (κ3) is 5.37. The topological polar surface area (TPSA) is 47.6 Å². The van der Waals surface area contributed by atoms with Crippen molar-refractivity contribution in [2.75, 3.05) is 19.8 Å². The van der Waals surface area contributed by atoms with E-state index in [1.54, 1.807) is 20.8 Å². The summed E-state index contributed by atoms with van der Waals surface area (Å²) in [5, 5.41) is 2.72. The van der Waals surface area contributed by atoms with Crippen molar-refractivity contribution in [3.63, 3.8) is 0 Å². The molecule has 0 aromatic heterocycles. The van der Waals surface area contributed by atoms with Gasteiger partial charge in [-0.2, -0.15) is 0 Å². The molecule has 1 N–H and O–H groups in total. The number of rotatable bonds is 6. The molecule has 1 saturated carbocycles. The van der Waals surface area contributed by atoms with Gasteiger partial charge in [-0.15, -0.1) is 0 Å². The fourth-order valence-corrected chi connectivity index (χ4v) is 2.47. The van der Waals surface area contributed by atoms with E-state index in [0.717, 1.165) is 12.0 Å². The van der Waals surface area contributed by atoms with Gasteiger partial charge in [-0.25, -0.2) is 13.6 Å². The van der Waals surface area contributed by atoms with Gasteiger partial charge in [0, 0.05) is 12.1 Å².